The Kier molecular flexibility index (Phi) is 5.64. The first-order valence-electron chi connectivity index (χ1n) is 8.52. The lowest BCUT2D eigenvalue weighted by molar-refractivity contribution is 0.103. The minimum Gasteiger partial charge on any atom is -0.497 e. The van der Waals surface area contributed by atoms with Gasteiger partial charge in [-0.15, -0.1) is 0 Å². The van der Waals surface area contributed by atoms with Crippen molar-refractivity contribution in [2.45, 2.75) is 5.54 Å². The van der Waals surface area contributed by atoms with E-state index in [-0.39, 0.29) is 0 Å². The van der Waals surface area contributed by atoms with Crippen LogP contribution in [0.4, 0.5) is 0 Å². The Hall–Kier alpha value is -3.02. The first-order valence-corrected chi connectivity index (χ1v) is 8.52. The van der Waals surface area contributed by atoms with Crippen LogP contribution in [0.25, 0.3) is 0 Å². The summed E-state index contributed by atoms with van der Waals surface area (Å²) in [7, 11) is 4.87. The Bertz CT molecular complexity index is 743. The van der Waals surface area contributed by atoms with E-state index in [2.05, 4.69) is 5.48 Å². The van der Waals surface area contributed by atoms with E-state index in [1.54, 1.807) is 21.3 Å². The van der Waals surface area contributed by atoms with Gasteiger partial charge >= 0.3 is 0 Å². The lowest BCUT2D eigenvalue weighted by Gasteiger charge is -2.34. The number of ether oxygens (including phenoxy) is 3. The Labute approximate surface area is 159 Å². The van der Waals surface area contributed by atoms with Crippen LogP contribution >= 0.6 is 0 Å². The maximum absolute atomic E-state index is 10.4. The molecule has 0 saturated heterocycles. The number of nitrogens with one attached hydrogen (secondary N) is 1. The summed E-state index contributed by atoms with van der Waals surface area (Å²) in [5, 5.41) is 10.4. The van der Waals surface area contributed by atoms with Gasteiger partial charge < -0.3 is 19.4 Å². The van der Waals surface area contributed by atoms with Gasteiger partial charge in [0, 0.05) is 0 Å². The third-order valence-electron chi connectivity index (χ3n) is 4.74. The number of hydroxylamine groups is 1. The Morgan fingerprint density at radius 3 is 1.00 bits per heavy atom. The summed E-state index contributed by atoms with van der Waals surface area (Å²) < 4.78 is 15.8. The largest absolute Gasteiger partial charge is 0.497 e. The van der Waals surface area contributed by atoms with E-state index in [1.165, 1.54) is 0 Å². The lowest BCUT2D eigenvalue weighted by atomic mass is 9.77. The molecule has 0 aliphatic carbocycles. The molecule has 0 heterocycles. The molecule has 3 aromatic rings. The number of hydrogen-bond donors (Lipinski definition) is 2. The summed E-state index contributed by atoms with van der Waals surface area (Å²) in [6.45, 7) is 0. The highest BCUT2D eigenvalue weighted by Crippen LogP contribution is 2.38. The molecule has 140 valence electrons. The third kappa shape index (κ3) is 3.47. The number of rotatable bonds is 7. The lowest BCUT2D eigenvalue weighted by Crippen LogP contribution is -2.42. The Balaban J connectivity index is 2.20. The zero-order chi connectivity index (χ0) is 19.3. The first kappa shape index (κ1) is 18.8. The SMILES string of the molecule is COc1ccc(C(NO)(c2ccc(OC)cc2)c2ccc(OC)cc2)cc1. The van der Waals surface area contributed by atoms with E-state index < -0.39 is 5.54 Å². The standard InChI is InChI=1S/C22H23NO4/c1-25-19-10-4-16(5-11-19)22(23-24,17-6-12-20(26-2)13-7-17)18-8-14-21(27-3)15-9-18/h4-15,23-24H,1-3H3. The molecule has 0 unspecified atom stereocenters. The maximum Gasteiger partial charge on any atom is 0.118 e. The van der Waals surface area contributed by atoms with E-state index in [1.807, 2.05) is 72.8 Å². The van der Waals surface area contributed by atoms with Crippen LogP contribution in [0.5, 0.6) is 17.2 Å². The van der Waals surface area contributed by atoms with Crippen LogP contribution < -0.4 is 19.7 Å². The van der Waals surface area contributed by atoms with Gasteiger partial charge in [0.2, 0.25) is 0 Å². The molecule has 0 bridgehead atoms. The molecule has 5 nitrogen and oxygen atoms in total. The van der Waals surface area contributed by atoms with Gasteiger partial charge in [-0.05, 0) is 53.1 Å². The van der Waals surface area contributed by atoms with Crippen LogP contribution in [0.2, 0.25) is 0 Å². The van der Waals surface area contributed by atoms with Crippen molar-refractivity contribution in [3.63, 3.8) is 0 Å². The van der Waals surface area contributed by atoms with Crippen molar-refractivity contribution >= 4 is 0 Å². The molecule has 0 spiro atoms. The second-order valence-corrected chi connectivity index (χ2v) is 6.05. The van der Waals surface area contributed by atoms with Crippen molar-refractivity contribution in [1.82, 2.24) is 5.48 Å². The van der Waals surface area contributed by atoms with Crippen molar-refractivity contribution in [1.29, 1.82) is 0 Å². The quantitative estimate of drug-likeness (QED) is 0.490. The average Bonchev–Trinajstić information content (AvgIpc) is 2.76. The summed E-state index contributed by atoms with van der Waals surface area (Å²) in [5.74, 6) is 2.24. The fourth-order valence-electron chi connectivity index (χ4n) is 3.22. The first-order chi connectivity index (χ1) is 13.2. The van der Waals surface area contributed by atoms with Crippen molar-refractivity contribution in [3.8, 4) is 17.2 Å². The molecule has 5 heteroatoms. The smallest absolute Gasteiger partial charge is 0.118 e. The predicted octanol–water partition coefficient (Wildman–Crippen LogP) is 3.98. The van der Waals surface area contributed by atoms with Crippen molar-refractivity contribution in [3.05, 3.63) is 89.5 Å². The molecule has 0 aliphatic rings. The van der Waals surface area contributed by atoms with Gasteiger partial charge in [0.25, 0.3) is 0 Å². The van der Waals surface area contributed by atoms with Gasteiger partial charge in [-0.3, -0.25) is 0 Å². The van der Waals surface area contributed by atoms with Crippen molar-refractivity contribution in [2.24, 2.45) is 0 Å². The molecule has 3 aromatic carbocycles. The zero-order valence-electron chi connectivity index (χ0n) is 15.6. The van der Waals surface area contributed by atoms with Crippen LogP contribution in [-0.2, 0) is 5.54 Å². The zero-order valence-corrected chi connectivity index (χ0v) is 15.6. The normalized spacial score (nSPS) is 11.1. The summed E-state index contributed by atoms with van der Waals surface area (Å²) in [6, 6.07) is 22.8. The molecule has 0 radical (unpaired) electrons. The molecular formula is C22H23NO4. The monoisotopic (exact) mass is 365 g/mol. The van der Waals surface area contributed by atoms with Crippen LogP contribution in [0.15, 0.2) is 72.8 Å². The van der Waals surface area contributed by atoms with Crippen molar-refractivity contribution in [2.75, 3.05) is 21.3 Å². The highest BCUT2D eigenvalue weighted by Gasteiger charge is 2.36. The summed E-state index contributed by atoms with van der Waals surface area (Å²) >= 11 is 0. The third-order valence-corrected chi connectivity index (χ3v) is 4.74. The van der Waals surface area contributed by atoms with Crippen LogP contribution in [-0.4, -0.2) is 26.5 Å². The van der Waals surface area contributed by atoms with Crippen LogP contribution in [0, 0.1) is 0 Å². The molecule has 0 fully saturated rings. The fraction of sp³-hybridized carbons (Fsp3) is 0.182. The topological polar surface area (TPSA) is 60.0 Å². The van der Waals surface area contributed by atoms with Gasteiger partial charge in [-0.1, -0.05) is 36.4 Å². The van der Waals surface area contributed by atoms with Crippen LogP contribution in [0.3, 0.4) is 0 Å². The maximum atomic E-state index is 10.4. The molecular weight excluding hydrogens is 342 g/mol. The molecule has 0 aromatic heterocycles. The molecule has 3 rings (SSSR count). The highest BCUT2D eigenvalue weighted by molar-refractivity contribution is 5.51. The minimum atomic E-state index is -0.967. The van der Waals surface area contributed by atoms with Crippen molar-refractivity contribution < 1.29 is 19.4 Å². The molecule has 0 saturated carbocycles. The van der Waals surface area contributed by atoms with E-state index >= 15 is 0 Å². The Morgan fingerprint density at radius 1 is 0.556 bits per heavy atom. The second-order valence-electron chi connectivity index (χ2n) is 6.05. The summed E-state index contributed by atoms with van der Waals surface area (Å²) in [5.41, 5.74) is 4.17. The number of benzene rings is 3. The number of methoxy groups -OCH3 is 3. The van der Waals surface area contributed by atoms with E-state index in [4.69, 9.17) is 14.2 Å². The van der Waals surface area contributed by atoms with Gasteiger partial charge in [0.1, 0.15) is 22.8 Å². The second kappa shape index (κ2) is 8.12. The minimum absolute atomic E-state index is 0.745. The molecule has 27 heavy (non-hydrogen) atoms. The predicted molar refractivity (Wildman–Crippen MR) is 104 cm³/mol. The van der Waals surface area contributed by atoms with E-state index in [9.17, 15) is 5.21 Å². The Morgan fingerprint density at radius 2 is 0.815 bits per heavy atom. The van der Waals surface area contributed by atoms with Crippen LogP contribution in [0.1, 0.15) is 16.7 Å². The average molecular weight is 365 g/mol. The van der Waals surface area contributed by atoms with E-state index in [0.29, 0.717) is 0 Å². The summed E-state index contributed by atoms with van der Waals surface area (Å²) in [4.78, 5) is 0. The van der Waals surface area contributed by atoms with Gasteiger partial charge in [0.15, 0.2) is 0 Å². The highest BCUT2D eigenvalue weighted by atomic mass is 16.5. The molecule has 2 N–H and O–H groups in total. The summed E-state index contributed by atoms with van der Waals surface area (Å²) in [6.07, 6.45) is 0. The molecule has 0 amide bonds. The fourth-order valence-corrected chi connectivity index (χ4v) is 3.22. The van der Waals surface area contributed by atoms with E-state index in [0.717, 1.165) is 33.9 Å². The van der Waals surface area contributed by atoms with Gasteiger partial charge in [-0.2, -0.15) is 5.48 Å². The molecule has 0 atom stereocenters. The number of hydrogen-bond acceptors (Lipinski definition) is 5. The molecule has 0 aliphatic heterocycles. The van der Waals surface area contributed by atoms with Gasteiger partial charge in [0.05, 0.1) is 21.3 Å². The van der Waals surface area contributed by atoms with Gasteiger partial charge in [-0.25, -0.2) is 0 Å².